The summed E-state index contributed by atoms with van der Waals surface area (Å²) in [5.41, 5.74) is 2.38. The molecular formula is C30H27F3N4. The molecule has 7 heteroatoms. The fourth-order valence-electron chi connectivity index (χ4n) is 6.44. The van der Waals surface area contributed by atoms with E-state index in [1.54, 1.807) is 12.1 Å². The van der Waals surface area contributed by atoms with Crippen molar-refractivity contribution >= 4 is 22.4 Å². The number of aromatic nitrogens is 2. The number of hydrogen-bond acceptors (Lipinski definition) is 2. The van der Waals surface area contributed by atoms with Crippen LogP contribution in [0.15, 0.2) is 42.6 Å². The molecule has 188 valence electrons. The minimum Gasteiger partial charge on any atom is -0.364 e. The van der Waals surface area contributed by atoms with E-state index in [1.165, 1.54) is 25.1 Å². The largest absolute Gasteiger partial charge is 0.364 e. The number of benzene rings is 2. The Kier molecular flexibility index (Phi) is 5.71. The molecule has 4 nitrogen and oxygen atoms in total. The lowest BCUT2D eigenvalue weighted by atomic mass is 9.62. The van der Waals surface area contributed by atoms with Crippen LogP contribution in [0.25, 0.3) is 38.1 Å². The molecule has 2 aromatic heterocycles. The predicted octanol–water partition coefficient (Wildman–Crippen LogP) is 8.41. The zero-order valence-corrected chi connectivity index (χ0v) is 20.7. The number of pyridine rings is 1. The third-order valence-electron chi connectivity index (χ3n) is 8.46. The van der Waals surface area contributed by atoms with Gasteiger partial charge < -0.3 is 10.3 Å². The Labute approximate surface area is 213 Å². The molecule has 3 aliphatic carbocycles. The number of aromatic amines is 1. The number of anilines is 1. The molecule has 2 atom stereocenters. The lowest BCUT2D eigenvalue weighted by Crippen LogP contribution is -2.47. The van der Waals surface area contributed by atoms with Crippen molar-refractivity contribution in [3.8, 4) is 22.4 Å². The SMILES string of the molecule is [C-]#[N+]c1c(-c2c[nH]c3c(F)cc(F)cc23)nc(N[C@@H]2C3CCC(CC3)[C@H]2C)c(F)c1-c1ccc(C)cc1. The van der Waals surface area contributed by atoms with Gasteiger partial charge in [0.2, 0.25) is 5.69 Å². The van der Waals surface area contributed by atoms with E-state index in [0.29, 0.717) is 28.9 Å². The first-order valence-corrected chi connectivity index (χ1v) is 12.8. The van der Waals surface area contributed by atoms with Gasteiger partial charge in [-0.25, -0.2) is 23.0 Å². The summed E-state index contributed by atoms with van der Waals surface area (Å²) in [6, 6.07) is 9.41. The van der Waals surface area contributed by atoms with Gasteiger partial charge in [-0.1, -0.05) is 36.8 Å². The number of aryl methyl sites for hydroxylation is 1. The molecule has 7 rings (SSSR count). The van der Waals surface area contributed by atoms with E-state index in [0.717, 1.165) is 24.5 Å². The normalized spacial score (nSPS) is 22.8. The summed E-state index contributed by atoms with van der Waals surface area (Å²) < 4.78 is 45.0. The van der Waals surface area contributed by atoms with Crippen molar-refractivity contribution in [2.75, 3.05) is 5.32 Å². The minimum absolute atomic E-state index is 0.00989. The van der Waals surface area contributed by atoms with Crippen LogP contribution >= 0.6 is 0 Å². The number of nitrogens with one attached hydrogen (secondary N) is 2. The summed E-state index contributed by atoms with van der Waals surface area (Å²) in [6.07, 6.45) is 6.11. The van der Waals surface area contributed by atoms with Crippen LogP contribution in [0.3, 0.4) is 0 Å². The van der Waals surface area contributed by atoms with Crippen LogP contribution < -0.4 is 5.32 Å². The quantitative estimate of drug-likeness (QED) is 0.276. The summed E-state index contributed by atoms with van der Waals surface area (Å²) in [5, 5.41) is 3.69. The fourth-order valence-corrected chi connectivity index (χ4v) is 6.44. The van der Waals surface area contributed by atoms with Crippen LogP contribution in [0.5, 0.6) is 0 Å². The number of fused-ring (bicyclic) bond motifs is 4. The Balaban J connectivity index is 1.58. The average molecular weight is 501 g/mol. The van der Waals surface area contributed by atoms with Crippen molar-refractivity contribution < 1.29 is 13.2 Å². The van der Waals surface area contributed by atoms with Gasteiger partial charge in [-0.3, -0.25) is 0 Å². The average Bonchev–Trinajstić information content (AvgIpc) is 3.31. The van der Waals surface area contributed by atoms with Gasteiger partial charge in [-0.15, -0.1) is 0 Å². The Hall–Kier alpha value is -3.79. The first kappa shape index (κ1) is 23.6. The van der Waals surface area contributed by atoms with Gasteiger partial charge in [0, 0.05) is 34.8 Å². The third-order valence-corrected chi connectivity index (χ3v) is 8.46. The highest BCUT2D eigenvalue weighted by Gasteiger charge is 2.42. The molecule has 0 amide bonds. The molecule has 0 spiro atoms. The zero-order chi connectivity index (χ0) is 25.8. The van der Waals surface area contributed by atoms with Crippen LogP contribution in [0.4, 0.5) is 24.7 Å². The summed E-state index contributed by atoms with van der Waals surface area (Å²) in [4.78, 5) is 11.2. The van der Waals surface area contributed by atoms with E-state index < -0.39 is 17.5 Å². The van der Waals surface area contributed by atoms with Crippen LogP contribution in [0, 0.1) is 48.7 Å². The Bertz CT molecular complexity index is 1540. The van der Waals surface area contributed by atoms with Crippen LogP contribution in [0.2, 0.25) is 0 Å². The zero-order valence-electron chi connectivity index (χ0n) is 20.7. The maximum Gasteiger partial charge on any atom is 0.223 e. The molecule has 3 saturated carbocycles. The van der Waals surface area contributed by atoms with E-state index in [2.05, 4.69) is 27.1 Å². The summed E-state index contributed by atoms with van der Waals surface area (Å²) >= 11 is 0. The molecule has 3 fully saturated rings. The minimum atomic E-state index is -0.739. The highest BCUT2D eigenvalue weighted by atomic mass is 19.1. The van der Waals surface area contributed by atoms with E-state index in [9.17, 15) is 8.78 Å². The van der Waals surface area contributed by atoms with Crippen molar-refractivity contribution in [3.63, 3.8) is 0 Å². The molecule has 4 aromatic rings. The summed E-state index contributed by atoms with van der Waals surface area (Å²) in [5.74, 6) is -0.568. The first-order valence-electron chi connectivity index (χ1n) is 12.8. The molecule has 37 heavy (non-hydrogen) atoms. The molecule has 0 saturated heterocycles. The Morgan fingerprint density at radius 2 is 1.73 bits per heavy atom. The predicted molar refractivity (Wildman–Crippen MR) is 140 cm³/mol. The number of halogens is 3. The molecule has 0 unspecified atom stereocenters. The number of rotatable bonds is 4. The molecule has 0 radical (unpaired) electrons. The molecule has 0 aliphatic heterocycles. The van der Waals surface area contributed by atoms with E-state index in [1.807, 2.05) is 19.1 Å². The van der Waals surface area contributed by atoms with Gasteiger partial charge in [0.25, 0.3) is 0 Å². The monoisotopic (exact) mass is 500 g/mol. The second-order valence-corrected chi connectivity index (χ2v) is 10.5. The van der Waals surface area contributed by atoms with Gasteiger partial charge in [-0.05, 0) is 62.0 Å². The number of hydrogen-bond donors (Lipinski definition) is 2. The molecular weight excluding hydrogens is 473 g/mol. The molecule has 3 aliphatic rings. The fraction of sp³-hybridized carbons (Fsp3) is 0.333. The molecule has 2 bridgehead atoms. The smallest absolute Gasteiger partial charge is 0.223 e. The number of H-pyrrole nitrogens is 1. The first-order chi connectivity index (χ1) is 17.9. The van der Waals surface area contributed by atoms with Gasteiger partial charge in [-0.2, -0.15) is 0 Å². The topological polar surface area (TPSA) is 45.1 Å². The lowest BCUT2D eigenvalue weighted by Gasteiger charge is -2.47. The van der Waals surface area contributed by atoms with Crippen molar-refractivity contribution in [2.24, 2.45) is 17.8 Å². The van der Waals surface area contributed by atoms with Crippen molar-refractivity contribution in [1.29, 1.82) is 0 Å². The van der Waals surface area contributed by atoms with Gasteiger partial charge in [0.05, 0.1) is 17.8 Å². The van der Waals surface area contributed by atoms with E-state index in [-0.39, 0.29) is 39.7 Å². The van der Waals surface area contributed by atoms with Crippen LogP contribution in [0.1, 0.15) is 38.2 Å². The third kappa shape index (κ3) is 3.87. The number of nitrogens with zero attached hydrogens (tertiary/aromatic N) is 2. The second kappa shape index (κ2) is 8.95. The summed E-state index contributed by atoms with van der Waals surface area (Å²) in [6.45, 7) is 12.1. The maximum atomic E-state index is 16.3. The van der Waals surface area contributed by atoms with Crippen molar-refractivity contribution in [2.45, 2.75) is 45.6 Å². The highest BCUT2D eigenvalue weighted by Crippen LogP contribution is 2.48. The summed E-state index contributed by atoms with van der Waals surface area (Å²) in [7, 11) is 0. The second-order valence-electron chi connectivity index (χ2n) is 10.5. The van der Waals surface area contributed by atoms with Crippen molar-refractivity contribution in [1.82, 2.24) is 9.97 Å². The molecule has 2 aromatic carbocycles. The van der Waals surface area contributed by atoms with Gasteiger partial charge >= 0.3 is 0 Å². The van der Waals surface area contributed by atoms with Crippen LogP contribution in [-0.2, 0) is 0 Å². The van der Waals surface area contributed by atoms with Crippen LogP contribution in [-0.4, -0.2) is 16.0 Å². The van der Waals surface area contributed by atoms with Gasteiger partial charge in [0.1, 0.15) is 11.6 Å². The standard InChI is InChI=1S/C30H27F3N4/c1-15-4-6-18(7-5-15)24-25(33)30(36-26-16(2)17-8-10-19(26)11-9-17)37-28(29(24)34-3)22-14-35-27-21(22)12-20(31)13-23(27)32/h4-7,12-14,16-17,19,26,35H,8-11H2,1-2H3,(H,36,37)/t16-,17?,19?,26+/m1/s1. The van der Waals surface area contributed by atoms with E-state index >= 15 is 4.39 Å². The Morgan fingerprint density at radius 1 is 1.03 bits per heavy atom. The van der Waals surface area contributed by atoms with Gasteiger partial charge in [0.15, 0.2) is 11.6 Å². The highest BCUT2D eigenvalue weighted by molar-refractivity contribution is 6.01. The maximum absolute atomic E-state index is 16.3. The lowest BCUT2D eigenvalue weighted by molar-refractivity contribution is 0.0926. The molecule has 2 N–H and O–H groups in total. The molecule has 2 heterocycles. The Morgan fingerprint density at radius 3 is 2.41 bits per heavy atom. The van der Waals surface area contributed by atoms with E-state index in [4.69, 9.17) is 6.57 Å². The van der Waals surface area contributed by atoms with Crippen molar-refractivity contribution in [3.05, 3.63) is 77.0 Å².